The number of esters is 1. The fourth-order valence-electron chi connectivity index (χ4n) is 2.90. The van der Waals surface area contributed by atoms with Gasteiger partial charge in [-0.25, -0.2) is 0 Å². The van der Waals surface area contributed by atoms with Crippen molar-refractivity contribution in [3.63, 3.8) is 0 Å². The number of ether oxygens (including phenoxy) is 1. The number of carbonyl (C=O) groups is 1. The van der Waals surface area contributed by atoms with Gasteiger partial charge < -0.3 is 10.5 Å². The molecule has 4 atom stereocenters. The molecule has 0 aliphatic heterocycles. The van der Waals surface area contributed by atoms with Crippen LogP contribution in [0.15, 0.2) is 0 Å². The molecule has 3 nitrogen and oxygen atoms in total. The van der Waals surface area contributed by atoms with Gasteiger partial charge in [0.1, 0.15) is 6.10 Å². The lowest BCUT2D eigenvalue weighted by Gasteiger charge is -2.38. The molecule has 0 spiro atoms. The molecule has 0 heterocycles. The topological polar surface area (TPSA) is 52.3 Å². The summed E-state index contributed by atoms with van der Waals surface area (Å²) in [6.45, 7) is 11.0. The molecular formula is C16H31NO2. The summed E-state index contributed by atoms with van der Waals surface area (Å²) >= 11 is 0. The maximum absolute atomic E-state index is 12.4. The minimum Gasteiger partial charge on any atom is -0.462 e. The normalized spacial score (nSPS) is 31.0. The third kappa shape index (κ3) is 3.95. The SMILES string of the molecule is CCC(C)(CN)C(=O)OC1CC(C)CCC1C(C)C. The first-order valence-electron chi connectivity index (χ1n) is 7.75. The summed E-state index contributed by atoms with van der Waals surface area (Å²) in [5.74, 6) is 1.61. The van der Waals surface area contributed by atoms with Crippen LogP contribution in [0.1, 0.15) is 60.3 Å². The molecule has 1 rings (SSSR count). The fourth-order valence-corrected chi connectivity index (χ4v) is 2.90. The Balaban J connectivity index is 2.73. The van der Waals surface area contributed by atoms with Crippen LogP contribution in [0, 0.1) is 23.2 Å². The largest absolute Gasteiger partial charge is 0.462 e. The van der Waals surface area contributed by atoms with E-state index in [1.54, 1.807) is 0 Å². The molecule has 1 aliphatic rings. The van der Waals surface area contributed by atoms with E-state index in [2.05, 4.69) is 20.8 Å². The first-order valence-corrected chi connectivity index (χ1v) is 7.75. The number of rotatable bonds is 5. The molecule has 1 fully saturated rings. The molecule has 0 bridgehead atoms. The van der Waals surface area contributed by atoms with Crippen LogP contribution in [0.25, 0.3) is 0 Å². The molecule has 2 N–H and O–H groups in total. The van der Waals surface area contributed by atoms with Crippen molar-refractivity contribution in [1.29, 1.82) is 0 Å². The molecule has 3 heteroatoms. The van der Waals surface area contributed by atoms with Gasteiger partial charge in [-0.15, -0.1) is 0 Å². The van der Waals surface area contributed by atoms with Crippen molar-refractivity contribution in [2.24, 2.45) is 28.9 Å². The Bertz CT molecular complexity index is 297. The molecule has 1 saturated carbocycles. The van der Waals surface area contributed by atoms with Crippen LogP contribution in [0.5, 0.6) is 0 Å². The van der Waals surface area contributed by atoms with Gasteiger partial charge in [0.2, 0.25) is 0 Å². The van der Waals surface area contributed by atoms with Crippen LogP contribution in [-0.2, 0) is 9.53 Å². The lowest BCUT2D eigenvalue weighted by Crippen LogP contribution is -2.42. The zero-order valence-electron chi connectivity index (χ0n) is 13.2. The molecule has 0 saturated heterocycles. The maximum Gasteiger partial charge on any atom is 0.313 e. The Morgan fingerprint density at radius 3 is 2.53 bits per heavy atom. The van der Waals surface area contributed by atoms with Gasteiger partial charge in [0.25, 0.3) is 0 Å². The van der Waals surface area contributed by atoms with Crippen LogP contribution in [0.2, 0.25) is 0 Å². The molecule has 0 aromatic heterocycles. The summed E-state index contributed by atoms with van der Waals surface area (Å²) < 4.78 is 5.86. The second kappa shape index (κ2) is 6.74. The van der Waals surface area contributed by atoms with Crippen molar-refractivity contribution in [1.82, 2.24) is 0 Å². The summed E-state index contributed by atoms with van der Waals surface area (Å²) in [7, 11) is 0. The molecule has 0 radical (unpaired) electrons. The molecule has 0 aromatic rings. The van der Waals surface area contributed by atoms with Crippen molar-refractivity contribution in [3.05, 3.63) is 0 Å². The molecular weight excluding hydrogens is 238 g/mol. The van der Waals surface area contributed by atoms with E-state index in [1.807, 2.05) is 13.8 Å². The van der Waals surface area contributed by atoms with Crippen LogP contribution < -0.4 is 5.73 Å². The minimum absolute atomic E-state index is 0.0775. The van der Waals surface area contributed by atoms with Crippen LogP contribution >= 0.6 is 0 Å². The summed E-state index contributed by atoms with van der Waals surface area (Å²) in [5.41, 5.74) is 5.22. The lowest BCUT2D eigenvalue weighted by molar-refractivity contribution is -0.167. The number of carbonyl (C=O) groups excluding carboxylic acids is 1. The molecule has 4 unspecified atom stereocenters. The van der Waals surface area contributed by atoms with Crippen LogP contribution in [-0.4, -0.2) is 18.6 Å². The van der Waals surface area contributed by atoms with Gasteiger partial charge in [0.05, 0.1) is 5.41 Å². The van der Waals surface area contributed by atoms with Gasteiger partial charge in [-0.2, -0.15) is 0 Å². The zero-order chi connectivity index (χ0) is 14.6. The number of nitrogens with two attached hydrogens (primary N) is 1. The van der Waals surface area contributed by atoms with E-state index < -0.39 is 5.41 Å². The molecule has 0 amide bonds. The zero-order valence-corrected chi connectivity index (χ0v) is 13.2. The Hall–Kier alpha value is -0.570. The first-order chi connectivity index (χ1) is 8.84. The highest BCUT2D eigenvalue weighted by atomic mass is 16.5. The first kappa shape index (κ1) is 16.5. The minimum atomic E-state index is -0.526. The Morgan fingerprint density at radius 2 is 2.05 bits per heavy atom. The molecule has 112 valence electrons. The van der Waals surface area contributed by atoms with Crippen molar-refractivity contribution in [2.75, 3.05) is 6.54 Å². The van der Waals surface area contributed by atoms with E-state index in [9.17, 15) is 4.79 Å². The number of hydrogen-bond acceptors (Lipinski definition) is 3. The van der Waals surface area contributed by atoms with E-state index in [0.717, 1.165) is 12.8 Å². The smallest absolute Gasteiger partial charge is 0.313 e. The highest BCUT2D eigenvalue weighted by molar-refractivity contribution is 5.76. The molecule has 1 aliphatic carbocycles. The van der Waals surface area contributed by atoms with Crippen molar-refractivity contribution >= 4 is 5.97 Å². The van der Waals surface area contributed by atoms with E-state index >= 15 is 0 Å². The quantitative estimate of drug-likeness (QED) is 0.779. The van der Waals surface area contributed by atoms with Crippen LogP contribution in [0.3, 0.4) is 0 Å². The van der Waals surface area contributed by atoms with Gasteiger partial charge >= 0.3 is 5.97 Å². The molecule has 0 aromatic carbocycles. The molecule has 19 heavy (non-hydrogen) atoms. The van der Waals surface area contributed by atoms with Crippen molar-refractivity contribution < 1.29 is 9.53 Å². The highest BCUT2D eigenvalue weighted by Gasteiger charge is 2.38. The number of hydrogen-bond donors (Lipinski definition) is 1. The summed E-state index contributed by atoms with van der Waals surface area (Å²) in [5, 5.41) is 0. The third-order valence-corrected chi connectivity index (χ3v) is 4.94. The Labute approximate surface area is 118 Å². The van der Waals surface area contributed by atoms with E-state index in [4.69, 9.17) is 10.5 Å². The van der Waals surface area contributed by atoms with Crippen LogP contribution in [0.4, 0.5) is 0 Å². The maximum atomic E-state index is 12.4. The standard InChI is InChI=1S/C16H31NO2/c1-6-16(5,10-17)15(18)19-14-9-12(4)7-8-13(14)11(2)3/h11-14H,6-10,17H2,1-5H3. The Kier molecular flexibility index (Phi) is 5.84. The second-order valence-corrected chi connectivity index (χ2v) is 6.89. The summed E-state index contributed by atoms with van der Waals surface area (Å²) in [4.78, 5) is 12.4. The Morgan fingerprint density at radius 1 is 1.42 bits per heavy atom. The average Bonchev–Trinajstić information content (AvgIpc) is 2.37. The van der Waals surface area contributed by atoms with Gasteiger partial charge in [0, 0.05) is 6.54 Å². The predicted octanol–water partition coefficient (Wildman–Crippen LogP) is 3.37. The third-order valence-electron chi connectivity index (χ3n) is 4.94. The van der Waals surface area contributed by atoms with Gasteiger partial charge in [-0.3, -0.25) is 4.79 Å². The van der Waals surface area contributed by atoms with E-state index in [1.165, 1.54) is 12.8 Å². The highest BCUT2D eigenvalue weighted by Crippen LogP contribution is 2.36. The predicted molar refractivity (Wildman–Crippen MR) is 78.7 cm³/mol. The average molecular weight is 269 g/mol. The van der Waals surface area contributed by atoms with Gasteiger partial charge in [0.15, 0.2) is 0 Å². The fraction of sp³-hybridized carbons (Fsp3) is 0.938. The second-order valence-electron chi connectivity index (χ2n) is 6.89. The van der Waals surface area contributed by atoms with E-state index in [0.29, 0.717) is 24.3 Å². The lowest BCUT2D eigenvalue weighted by atomic mass is 9.75. The van der Waals surface area contributed by atoms with Crippen molar-refractivity contribution in [3.8, 4) is 0 Å². The monoisotopic (exact) mass is 269 g/mol. The van der Waals surface area contributed by atoms with Crippen molar-refractivity contribution in [2.45, 2.75) is 66.4 Å². The van der Waals surface area contributed by atoms with Gasteiger partial charge in [-0.1, -0.05) is 34.1 Å². The van der Waals surface area contributed by atoms with Gasteiger partial charge in [-0.05, 0) is 43.9 Å². The summed E-state index contributed by atoms with van der Waals surface area (Å²) in [6.07, 6.45) is 4.23. The summed E-state index contributed by atoms with van der Waals surface area (Å²) in [6, 6.07) is 0. The van der Waals surface area contributed by atoms with E-state index in [-0.39, 0.29) is 12.1 Å².